The summed E-state index contributed by atoms with van der Waals surface area (Å²) in [7, 11) is -3.23. The van der Waals surface area contributed by atoms with Gasteiger partial charge in [-0.2, -0.15) is 0 Å². The Morgan fingerprint density at radius 2 is 0.588 bits per heavy atom. The van der Waals surface area contributed by atoms with Crippen molar-refractivity contribution in [2.45, 2.75) is 175 Å². The first-order chi connectivity index (χ1) is 24.5. The van der Waals surface area contributed by atoms with E-state index in [1.165, 1.54) is 154 Å². The van der Waals surface area contributed by atoms with Gasteiger partial charge in [0.2, 0.25) is 0 Å². The number of hydrogen-bond donors (Lipinski definition) is 3. The number of rotatable bonds is 27. The van der Waals surface area contributed by atoms with Crippen LogP contribution in [0.5, 0.6) is 0 Å². The molecule has 6 heteroatoms. The van der Waals surface area contributed by atoms with Crippen molar-refractivity contribution >= 4 is 32.4 Å². The van der Waals surface area contributed by atoms with Crippen molar-refractivity contribution in [2.24, 2.45) is 0 Å². The van der Waals surface area contributed by atoms with E-state index in [0.717, 1.165) is 0 Å². The van der Waals surface area contributed by atoms with Crippen LogP contribution in [0.2, 0.25) is 0 Å². The molecule has 0 atom stereocenters. The molecular weight excluding hydrogens is 673 g/mol. The Hall–Kier alpha value is -0.600. The van der Waals surface area contributed by atoms with Gasteiger partial charge in [-0.15, -0.1) is 0 Å². The van der Waals surface area contributed by atoms with E-state index in [-0.39, 0.29) is 31.0 Å². The van der Waals surface area contributed by atoms with Gasteiger partial charge in [0.1, 0.15) is 0 Å². The van der Waals surface area contributed by atoms with Gasteiger partial charge in [0.25, 0.3) is 0 Å². The first-order valence-electron chi connectivity index (χ1n) is 20.4. The topological polar surface area (TPSA) is 60.7 Å². The van der Waals surface area contributed by atoms with Crippen LogP contribution in [0.1, 0.15) is 174 Å². The molecule has 0 unspecified atom stereocenters. The smallest absolute Gasteiger partial charge is 1.00 e. The largest absolute Gasteiger partial charge is 1.00 e. The Balaban J connectivity index is 0.00000411. The van der Waals surface area contributed by atoms with E-state index in [4.69, 9.17) is 14.7 Å². The maximum absolute atomic E-state index is 7.23. The van der Waals surface area contributed by atoms with Gasteiger partial charge in [0, 0.05) is 0 Å². The summed E-state index contributed by atoms with van der Waals surface area (Å²) in [5, 5.41) is 4.84. The van der Waals surface area contributed by atoms with Gasteiger partial charge in [-0.05, 0) is 79.1 Å². The van der Waals surface area contributed by atoms with Crippen molar-refractivity contribution in [1.82, 2.24) is 0 Å². The van der Waals surface area contributed by atoms with Gasteiger partial charge in [-0.25, -0.2) is 0 Å². The van der Waals surface area contributed by atoms with E-state index in [1.807, 2.05) is 0 Å². The summed E-state index contributed by atoms with van der Waals surface area (Å²) in [6.45, 7) is 6.94. The minimum atomic E-state index is -2.62. The fraction of sp³-hybridized carbons (Fsp3) is 0.600. The summed E-state index contributed by atoms with van der Waals surface area (Å²) >= 11 is 0. The molecule has 0 aromatic heterocycles. The van der Waals surface area contributed by atoms with Crippen LogP contribution in [0, 0.1) is 0 Å². The van der Waals surface area contributed by atoms with Crippen LogP contribution in [0.25, 0.3) is 0 Å². The molecule has 3 aromatic carbocycles. The van der Waals surface area contributed by atoms with Crippen LogP contribution in [-0.2, 0) is 19.3 Å². The third kappa shape index (κ3) is 21.8. The molecule has 0 aliphatic heterocycles. The monoisotopic (exact) mass is 746 g/mol. The molecule has 0 aliphatic rings. The van der Waals surface area contributed by atoms with E-state index in [2.05, 4.69) is 93.6 Å². The molecule has 0 bridgehead atoms. The Bertz CT molecular complexity index is 1100. The third-order valence-electron chi connectivity index (χ3n) is 9.85. The molecule has 51 heavy (non-hydrogen) atoms. The predicted molar refractivity (Wildman–Crippen MR) is 225 cm³/mol. The second-order valence-corrected chi connectivity index (χ2v) is 16.8. The molecule has 0 fully saturated rings. The maximum Gasteiger partial charge on any atom is 1.00 e. The van der Waals surface area contributed by atoms with Crippen molar-refractivity contribution in [3.8, 4) is 0 Å². The first-order valence-corrected chi connectivity index (χ1v) is 23.0. The number of unbranched alkanes of at least 4 members (excludes halogenated alkanes) is 18. The number of aryl methyl sites for hydroxylation is 3. The van der Waals surface area contributed by atoms with Gasteiger partial charge < -0.3 is 16.1 Å². The summed E-state index contributed by atoms with van der Waals surface area (Å²) < 4.78 is 0. The van der Waals surface area contributed by atoms with E-state index >= 15 is 0 Å². The molecule has 282 valence electrons. The van der Waals surface area contributed by atoms with E-state index in [9.17, 15) is 0 Å². The maximum atomic E-state index is 7.23. The zero-order valence-corrected chi connectivity index (χ0v) is 36.9. The summed E-state index contributed by atoms with van der Waals surface area (Å²) in [6.07, 6.45) is 32.4. The van der Waals surface area contributed by atoms with Gasteiger partial charge in [-0.1, -0.05) is 209 Å². The Kier molecular flexibility index (Phi) is 31.1. The van der Waals surface area contributed by atoms with Crippen LogP contribution >= 0.6 is 16.5 Å². The number of hydrogen-bond acceptors (Lipinski definition) is 3. The molecule has 3 N–H and O–H groups in total. The Morgan fingerprint density at radius 3 is 0.843 bits per heavy atom. The second-order valence-electron chi connectivity index (χ2n) is 14.1. The van der Waals surface area contributed by atoms with Gasteiger partial charge in [0.05, 0.1) is 0 Å². The van der Waals surface area contributed by atoms with Gasteiger partial charge in [0.15, 0.2) is 0 Å². The molecule has 3 aromatic rings. The second kappa shape index (κ2) is 32.8. The predicted octanol–water partition coefficient (Wildman–Crippen LogP) is 9.63. The summed E-state index contributed by atoms with van der Waals surface area (Å²) in [4.78, 5) is 21.7. The number of benzene rings is 3. The summed E-state index contributed by atoms with van der Waals surface area (Å²) in [5.74, 6) is 0. The summed E-state index contributed by atoms with van der Waals surface area (Å²) in [6, 6.07) is 28.7. The molecule has 0 saturated carbocycles. The molecule has 3 rings (SSSR count). The zero-order chi connectivity index (χ0) is 36.1. The third-order valence-corrected chi connectivity index (χ3v) is 12.6. The molecule has 0 amide bonds. The molecule has 0 heterocycles. The minimum absolute atomic E-state index is 0. The normalized spacial score (nSPS) is 11.1. The summed E-state index contributed by atoms with van der Waals surface area (Å²) in [5.41, 5.74) is 4.79. The quantitative estimate of drug-likeness (QED) is 0.0414. The fourth-order valence-electron chi connectivity index (χ4n) is 7.03. The minimum Gasteiger partial charge on any atom is -1.00 e. The average molecular weight is 747 g/mol. The molecule has 0 saturated heterocycles. The molecule has 3 nitrogen and oxygen atoms in total. The van der Waals surface area contributed by atoms with Crippen LogP contribution < -0.4 is 45.5 Å². The van der Waals surface area contributed by atoms with E-state index in [1.54, 1.807) is 32.6 Å². The van der Waals surface area contributed by atoms with Crippen molar-refractivity contribution in [1.29, 1.82) is 0 Å². The van der Waals surface area contributed by atoms with Gasteiger partial charge in [-0.3, -0.25) is 0 Å². The van der Waals surface area contributed by atoms with Crippen molar-refractivity contribution < 1.29 is 45.7 Å². The molecule has 0 spiro atoms. The Morgan fingerprint density at radius 1 is 0.373 bits per heavy atom. The zero-order valence-electron chi connectivity index (χ0n) is 34.1. The van der Waals surface area contributed by atoms with Crippen LogP contribution in [0.3, 0.4) is 0 Å². The van der Waals surface area contributed by atoms with E-state index < -0.39 is 16.5 Å². The Labute approximate surface area is 340 Å². The SMILES string of the molecule is CCCCCCCCCc1ccccc1P(c1ccccc1CCCCCCCCC)c1ccccc1CCCCCCCCC.OP(O)O.[H-].[Na+]. The molecule has 0 radical (unpaired) electrons. The van der Waals surface area contributed by atoms with Crippen molar-refractivity contribution in [2.75, 3.05) is 0 Å². The van der Waals surface area contributed by atoms with E-state index in [0.29, 0.717) is 0 Å². The first kappa shape index (κ1) is 48.4. The molecule has 0 aliphatic carbocycles. The van der Waals surface area contributed by atoms with Crippen LogP contribution in [0.15, 0.2) is 72.8 Å². The fourth-order valence-corrected chi connectivity index (χ4v) is 9.93. The van der Waals surface area contributed by atoms with Crippen molar-refractivity contribution in [3.63, 3.8) is 0 Å². The standard InChI is InChI=1S/C45H69P.Na.H3O3P.H/c1-4-7-10-13-16-19-22-31-40-34-25-28-37-43(40)46(44-38-29-26-35-41(44)32-23-20-17-14-11-8-5-2)45-39-30-27-36-42(45)33-24-21-18-15-12-9-6-3;;1-4(2)3;/h25-30,34-39H,4-24,31-33H2,1-3H3;;1-3H;/q;+1;;-1. The van der Waals surface area contributed by atoms with Crippen LogP contribution in [-0.4, -0.2) is 14.7 Å². The van der Waals surface area contributed by atoms with Gasteiger partial charge >= 0.3 is 38.2 Å². The van der Waals surface area contributed by atoms with Crippen LogP contribution in [0.4, 0.5) is 0 Å². The molecular formula is C45H73NaO3P2. The van der Waals surface area contributed by atoms with Crippen molar-refractivity contribution in [3.05, 3.63) is 89.5 Å². The average Bonchev–Trinajstić information content (AvgIpc) is 3.12.